The molecule has 0 spiro atoms. The first-order valence-corrected chi connectivity index (χ1v) is 7.38. The lowest BCUT2D eigenvalue weighted by atomic mass is 9.77. The first kappa shape index (κ1) is 12.7. The van der Waals surface area contributed by atoms with E-state index in [9.17, 15) is 0 Å². The van der Waals surface area contributed by atoms with Gasteiger partial charge in [-0.1, -0.05) is 29.8 Å². The average molecular weight is 300 g/mol. The van der Waals surface area contributed by atoms with E-state index >= 15 is 0 Å². The molecule has 0 amide bonds. The molecule has 0 N–H and O–H groups in total. The molecule has 0 saturated heterocycles. The van der Waals surface area contributed by atoms with Crippen molar-refractivity contribution in [2.75, 3.05) is 0 Å². The van der Waals surface area contributed by atoms with Crippen molar-refractivity contribution in [1.29, 1.82) is 0 Å². The van der Waals surface area contributed by atoms with Gasteiger partial charge in [0.1, 0.15) is 11.9 Å². The molecule has 21 heavy (non-hydrogen) atoms. The Kier molecular flexibility index (Phi) is 3.08. The highest BCUT2D eigenvalue weighted by atomic mass is 35.5. The van der Waals surface area contributed by atoms with Gasteiger partial charge in [0, 0.05) is 17.1 Å². The zero-order chi connectivity index (χ0) is 14.2. The lowest BCUT2D eigenvalue weighted by Crippen LogP contribution is -2.32. The van der Waals surface area contributed by atoms with Crippen molar-refractivity contribution in [3.8, 4) is 0 Å². The molecular formula is C17H14ClNO2. The Bertz CT molecular complexity index is 702. The lowest BCUT2D eigenvalue weighted by molar-refractivity contribution is 0.172. The van der Waals surface area contributed by atoms with E-state index in [-0.39, 0.29) is 12.0 Å². The van der Waals surface area contributed by atoms with Gasteiger partial charge in [0.15, 0.2) is 6.40 Å². The van der Waals surface area contributed by atoms with Gasteiger partial charge in [0.2, 0.25) is 0 Å². The van der Waals surface area contributed by atoms with Gasteiger partial charge in [-0.25, -0.2) is 4.99 Å². The van der Waals surface area contributed by atoms with Gasteiger partial charge in [-0.15, -0.1) is 0 Å². The molecule has 0 aromatic heterocycles. The molecule has 2 atom stereocenters. The molecule has 1 aliphatic carbocycles. The molecule has 0 radical (unpaired) electrons. The predicted octanol–water partition coefficient (Wildman–Crippen LogP) is 4.33. The molecule has 2 aliphatic heterocycles. The smallest absolute Gasteiger partial charge is 0.174 e. The van der Waals surface area contributed by atoms with Crippen molar-refractivity contribution in [2.24, 2.45) is 4.99 Å². The standard InChI is InChI=1S/C17H14ClNO2/c18-15-6-2-1-5-12(15)13-8-11-4-3-7-20-16(11)14-9-19-10-21-17(13)14/h1-3,5-7,9-10,13,17H,4,8H2. The van der Waals surface area contributed by atoms with Gasteiger partial charge >= 0.3 is 0 Å². The minimum absolute atomic E-state index is 0.0901. The van der Waals surface area contributed by atoms with Crippen molar-refractivity contribution in [1.82, 2.24) is 0 Å². The van der Waals surface area contributed by atoms with Gasteiger partial charge in [0.25, 0.3) is 0 Å². The van der Waals surface area contributed by atoms with E-state index in [2.05, 4.69) is 11.1 Å². The SMILES string of the molecule is Clc1ccccc1C1CC2=C(OC=CC2)C2=CN=COC21. The molecule has 2 unspecified atom stereocenters. The zero-order valence-corrected chi connectivity index (χ0v) is 12.1. The topological polar surface area (TPSA) is 30.8 Å². The third-order valence-electron chi connectivity index (χ3n) is 4.15. The summed E-state index contributed by atoms with van der Waals surface area (Å²) in [6.07, 6.45) is 8.82. The van der Waals surface area contributed by atoms with E-state index in [1.54, 1.807) is 6.26 Å². The Balaban J connectivity index is 1.81. The van der Waals surface area contributed by atoms with Gasteiger partial charge in [0.05, 0.1) is 11.8 Å². The highest BCUT2D eigenvalue weighted by molar-refractivity contribution is 6.31. The van der Waals surface area contributed by atoms with Crippen LogP contribution in [0, 0.1) is 0 Å². The van der Waals surface area contributed by atoms with Crippen LogP contribution in [0.5, 0.6) is 0 Å². The average Bonchev–Trinajstić information content (AvgIpc) is 2.55. The maximum atomic E-state index is 6.39. The van der Waals surface area contributed by atoms with Crippen LogP contribution in [0.15, 0.2) is 64.7 Å². The maximum absolute atomic E-state index is 6.39. The molecule has 0 bridgehead atoms. The van der Waals surface area contributed by atoms with Crippen molar-refractivity contribution in [3.05, 3.63) is 70.3 Å². The van der Waals surface area contributed by atoms with Crippen LogP contribution in [-0.2, 0) is 9.47 Å². The predicted molar refractivity (Wildman–Crippen MR) is 82.1 cm³/mol. The summed E-state index contributed by atoms with van der Waals surface area (Å²) in [4.78, 5) is 4.12. The Morgan fingerprint density at radius 1 is 1.24 bits per heavy atom. The largest absolute Gasteiger partial charge is 0.474 e. The molecule has 1 aromatic carbocycles. The van der Waals surface area contributed by atoms with Crippen molar-refractivity contribution in [3.63, 3.8) is 0 Å². The van der Waals surface area contributed by atoms with Gasteiger partial charge in [-0.05, 0) is 36.1 Å². The molecule has 106 valence electrons. The number of fused-ring (bicyclic) bond motifs is 2. The number of allylic oxidation sites excluding steroid dienone is 2. The maximum Gasteiger partial charge on any atom is 0.174 e. The number of rotatable bonds is 1. The number of aliphatic imine (C=N–C) groups is 1. The van der Waals surface area contributed by atoms with E-state index in [1.165, 1.54) is 12.0 Å². The molecule has 3 aliphatic rings. The fourth-order valence-corrected chi connectivity index (χ4v) is 3.49. The highest BCUT2D eigenvalue weighted by Crippen LogP contribution is 2.46. The van der Waals surface area contributed by atoms with Crippen molar-refractivity contribution in [2.45, 2.75) is 24.9 Å². The van der Waals surface area contributed by atoms with Crippen LogP contribution in [0.3, 0.4) is 0 Å². The van der Waals surface area contributed by atoms with E-state index in [4.69, 9.17) is 21.1 Å². The summed E-state index contributed by atoms with van der Waals surface area (Å²) < 4.78 is 11.5. The normalized spacial score (nSPS) is 26.4. The molecule has 2 heterocycles. The Morgan fingerprint density at radius 3 is 3.05 bits per heavy atom. The van der Waals surface area contributed by atoms with E-state index in [0.29, 0.717) is 0 Å². The fraction of sp³-hybridized carbons (Fsp3) is 0.235. The summed E-state index contributed by atoms with van der Waals surface area (Å²) in [5, 5.41) is 0.782. The van der Waals surface area contributed by atoms with Crippen LogP contribution in [0.4, 0.5) is 0 Å². The third-order valence-corrected chi connectivity index (χ3v) is 4.50. The lowest BCUT2D eigenvalue weighted by Gasteiger charge is -2.37. The summed E-state index contributed by atoms with van der Waals surface area (Å²) >= 11 is 6.39. The number of hydrogen-bond acceptors (Lipinski definition) is 3. The van der Waals surface area contributed by atoms with Gasteiger partial charge in [-0.2, -0.15) is 0 Å². The quantitative estimate of drug-likeness (QED) is 0.773. The third kappa shape index (κ3) is 2.09. The Labute approximate surface area is 128 Å². The minimum Gasteiger partial charge on any atom is -0.474 e. The molecule has 4 rings (SSSR count). The molecule has 1 aromatic rings. The summed E-state index contributed by atoms with van der Waals surface area (Å²) in [6.45, 7) is 0. The summed E-state index contributed by atoms with van der Waals surface area (Å²) in [5.41, 5.74) is 3.41. The van der Waals surface area contributed by atoms with Crippen LogP contribution in [0.25, 0.3) is 0 Å². The number of nitrogens with zero attached hydrogens (tertiary/aromatic N) is 1. The number of halogens is 1. The second-order valence-electron chi connectivity index (χ2n) is 5.35. The van der Waals surface area contributed by atoms with Crippen LogP contribution in [-0.4, -0.2) is 12.5 Å². The summed E-state index contributed by atoms with van der Waals surface area (Å²) in [6, 6.07) is 7.97. The number of hydrogen-bond donors (Lipinski definition) is 0. The van der Waals surface area contributed by atoms with Crippen molar-refractivity contribution >= 4 is 18.0 Å². The molecular weight excluding hydrogens is 286 g/mol. The highest BCUT2D eigenvalue weighted by Gasteiger charge is 2.39. The van der Waals surface area contributed by atoms with Crippen LogP contribution < -0.4 is 0 Å². The van der Waals surface area contributed by atoms with Crippen LogP contribution in [0.2, 0.25) is 5.02 Å². The van der Waals surface area contributed by atoms with E-state index < -0.39 is 0 Å². The molecule has 0 saturated carbocycles. The second-order valence-corrected chi connectivity index (χ2v) is 5.76. The first-order chi connectivity index (χ1) is 10.3. The summed E-state index contributed by atoms with van der Waals surface area (Å²) in [7, 11) is 0. The molecule has 0 fully saturated rings. The molecule has 3 nitrogen and oxygen atoms in total. The first-order valence-electron chi connectivity index (χ1n) is 7.00. The molecule has 4 heteroatoms. The fourth-order valence-electron chi connectivity index (χ4n) is 3.21. The van der Waals surface area contributed by atoms with E-state index in [0.717, 1.165) is 34.8 Å². The van der Waals surface area contributed by atoms with Crippen molar-refractivity contribution < 1.29 is 9.47 Å². The number of ether oxygens (including phenoxy) is 2. The Morgan fingerprint density at radius 2 is 2.14 bits per heavy atom. The summed E-state index contributed by atoms with van der Waals surface area (Å²) in [5.74, 6) is 1.10. The van der Waals surface area contributed by atoms with E-state index in [1.807, 2.05) is 30.5 Å². The number of benzene rings is 1. The Hall–Kier alpha value is -2.00. The zero-order valence-electron chi connectivity index (χ0n) is 11.3. The van der Waals surface area contributed by atoms with Gasteiger partial charge in [-0.3, -0.25) is 0 Å². The second kappa shape index (κ2) is 5.08. The minimum atomic E-state index is -0.0901. The monoisotopic (exact) mass is 299 g/mol. The van der Waals surface area contributed by atoms with Crippen LogP contribution >= 0.6 is 11.6 Å². The van der Waals surface area contributed by atoms with Gasteiger partial charge < -0.3 is 9.47 Å². The van der Waals surface area contributed by atoms with Crippen LogP contribution in [0.1, 0.15) is 24.3 Å².